The van der Waals surface area contributed by atoms with Crippen molar-refractivity contribution in [3.8, 4) is 5.75 Å². The van der Waals surface area contributed by atoms with Crippen molar-refractivity contribution in [2.45, 2.75) is 32.7 Å². The quantitative estimate of drug-likeness (QED) is 0.854. The highest BCUT2D eigenvalue weighted by atomic mass is 32.1. The molecule has 0 radical (unpaired) electrons. The van der Waals surface area contributed by atoms with Gasteiger partial charge in [-0.15, -0.1) is 11.3 Å². The van der Waals surface area contributed by atoms with Gasteiger partial charge in [-0.25, -0.2) is 9.78 Å². The molecule has 1 aromatic carbocycles. The van der Waals surface area contributed by atoms with Gasteiger partial charge in [-0.3, -0.25) is 0 Å². The molecule has 0 fully saturated rings. The maximum atomic E-state index is 12.2. The number of phenols is 1. The zero-order valence-electron chi connectivity index (χ0n) is 13.7. The highest BCUT2D eigenvalue weighted by Gasteiger charge is 2.15. The number of aromatic hydroxyl groups is 1. The van der Waals surface area contributed by atoms with Gasteiger partial charge < -0.3 is 15.3 Å². The molecule has 0 saturated carbocycles. The van der Waals surface area contributed by atoms with Crippen LogP contribution < -0.4 is 5.32 Å². The molecule has 0 saturated heterocycles. The van der Waals surface area contributed by atoms with Gasteiger partial charge in [0.1, 0.15) is 5.75 Å². The molecule has 0 bridgehead atoms. The van der Waals surface area contributed by atoms with Gasteiger partial charge in [0.15, 0.2) is 0 Å². The molecular formula is C17H23N3O2S. The summed E-state index contributed by atoms with van der Waals surface area (Å²) in [5, 5.41) is 15.3. The third kappa shape index (κ3) is 5.25. The number of hydrogen-bond acceptors (Lipinski definition) is 4. The van der Waals surface area contributed by atoms with E-state index in [-0.39, 0.29) is 17.8 Å². The number of benzene rings is 1. The number of phenolic OH excluding ortho intramolecular Hbond substituents is 1. The van der Waals surface area contributed by atoms with E-state index in [0.717, 1.165) is 29.1 Å². The third-order valence-electron chi connectivity index (χ3n) is 3.77. The minimum atomic E-state index is -0.0803. The van der Waals surface area contributed by atoms with Crippen molar-refractivity contribution in [3.05, 3.63) is 45.9 Å². The molecule has 2 rings (SSSR count). The first kappa shape index (κ1) is 17.3. The molecule has 0 aliphatic heterocycles. The highest BCUT2D eigenvalue weighted by molar-refractivity contribution is 7.09. The number of hydrogen-bond donors (Lipinski definition) is 2. The first-order valence-corrected chi connectivity index (χ1v) is 8.53. The summed E-state index contributed by atoms with van der Waals surface area (Å²) in [5.74, 6) is 0.254. The lowest BCUT2D eigenvalue weighted by molar-refractivity contribution is 0.194. The number of nitrogens with zero attached hydrogens (tertiary/aromatic N) is 2. The van der Waals surface area contributed by atoms with Crippen molar-refractivity contribution in [1.29, 1.82) is 0 Å². The van der Waals surface area contributed by atoms with Crippen molar-refractivity contribution in [2.75, 3.05) is 13.6 Å². The second kappa shape index (κ2) is 7.97. The third-order valence-corrected chi connectivity index (χ3v) is 4.60. The normalized spacial score (nSPS) is 12.0. The predicted octanol–water partition coefficient (Wildman–Crippen LogP) is 2.97. The van der Waals surface area contributed by atoms with Crippen molar-refractivity contribution < 1.29 is 9.90 Å². The van der Waals surface area contributed by atoms with E-state index in [1.807, 2.05) is 31.4 Å². The molecule has 1 aromatic heterocycles. The molecular weight excluding hydrogens is 310 g/mol. The van der Waals surface area contributed by atoms with Crippen LogP contribution >= 0.6 is 11.3 Å². The minimum absolute atomic E-state index is 0.0704. The van der Waals surface area contributed by atoms with Crippen LogP contribution in [0.4, 0.5) is 4.79 Å². The Morgan fingerprint density at radius 2 is 2.09 bits per heavy atom. The Morgan fingerprint density at radius 3 is 2.70 bits per heavy atom. The van der Waals surface area contributed by atoms with E-state index in [0.29, 0.717) is 6.54 Å². The van der Waals surface area contributed by atoms with Crippen LogP contribution in [0.2, 0.25) is 0 Å². The predicted molar refractivity (Wildman–Crippen MR) is 93.0 cm³/mol. The summed E-state index contributed by atoms with van der Waals surface area (Å²) < 4.78 is 0. The molecule has 0 spiro atoms. The monoisotopic (exact) mass is 333 g/mol. The number of carbonyl (C=O) groups excluding carboxylic acids is 1. The summed E-state index contributed by atoms with van der Waals surface area (Å²) in [6.07, 6.45) is 1.49. The Bertz CT molecular complexity index is 640. The number of nitrogens with one attached hydrogen (secondary N) is 1. The number of thiazole rings is 1. The van der Waals surface area contributed by atoms with Gasteiger partial charge in [-0.05, 0) is 38.0 Å². The molecule has 0 unspecified atom stereocenters. The van der Waals surface area contributed by atoms with Gasteiger partial charge in [0, 0.05) is 31.4 Å². The van der Waals surface area contributed by atoms with Crippen molar-refractivity contribution in [2.24, 2.45) is 0 Å². The van der Waals surface area contributed by atoms with Crippen LogP contribution in [0.1, 0.15) is 23.2 Å². The average molecular weight is 333 g/mol. The number of aryl methyl sites for hydroxylation is 1. The number of urea groups is 1. The van der Waals surface area contributed by atoms with Gasteiger partial charge >= 0.3 is 6.03 Å². The fourth-order valence-electron chi connectivity index (χ4n) is 2.26. The number of rotatable bonds is 6. The van der Waals surface area contributed by atoms with E-state index >= 15 is 0 Å². The Balaban J connectivity index is 1.77. The molecule has 2 aromatic rings. The van der Waals surface area contributed by atoms with Crippen LogP contribution in [0.15, 0.2) is 29.6 Å². The zero-order valence-corrected chi connectivity index (χ0v) is 14.6. The second-order valence-electron chi connectivity index (χ2n) is 5.67. The molecule has 124 valence electrons. The maximum Gasteiger partial charge on any atom is 0.317 e. The average Bonchev–Trinajstić information content (AvgIpc) is 2.94. The van der Waals surface area contributed by atoms with Gasteiger partial charge in [0.25, 0.3) is 0 Å². The molecule has 5 nitrogen and oxygen atoms in total. The maximum absolute atomic E-state index is 12.2. The van der Waals surface area contributed by atoms with Crippen LogP contribution in [-0.2, 0) is 12.8 Å². The van der Waals surface area contributed by atoms with E-state index in [1.165, 1.54) is 0 Å². The number of aromatic nitrogens is 1. The lowest BCUT2D eigenvalue weighted by Gasteiger charge is -2.25. The van der Waals surface area contributed by atoms with Crippen molar-refractivity contribution in [1.82, 2.24) is 15.2 Å². The van der Waals surface area contributed by atoms with E-state index < -0.39 is 0 Å². The zero-order chi connectivity index (χ0) is 16.8. The highest BCUT2D eigenvalue weighted by Crippen LogP contribution is 2.13. The van der Waals surface area contributed by atoms with Crippen molar-refractivity contribution >= 4 is 17.4 Å². The number of amides is 2. The summed E-state index contributed by atoms with van der Waals surface area (Å²) in [7, 11) is 1.80. The molecule has 2 amide bonds. The summed E-state index contributed by atoms with van der Waals surface area (Å²) in [6, 6.07) is 7.07. The van der Waals surface area contributed by atoms with Gasteiger partial charge in [-0.1, -0.05) is 12.1 Å². The first-order valence-electron chi connectivity index (χ1n) is 7.65. The Hall–Kier alpha value is -2.08. The van der Waals surface area contributed by atoms with Gasteiger partial charge in [0.2, 0.25) is 0 Å². The van der Waals surface area contributed by atoms with Crippen LogP contribution in [-0.4, -0.2) is 40.7 Å². The van der Waals surface area contributed by atoms with Crippen molar-refractivity contribution in [3.63, 3.8) is 0 Å². The smallest absolute Gasteiger partial charge is 0.317 e. The van der Waals surface area contributed by atoms with E-state index in [2.05, 4.69) is 10.3 Å². The fourth-order valence-corrected chi connectivity index (χ4v) is 2.90. The molecule has 0 aliphatic carbocycles. The summed E-state index contributed by atoms with van der Waals surface area (Å²) >= 11 is 1.62. The molecule has 1 atom stereocenters. The molecule has 6 heteroatoms. The number of likely N-dealkylation sites (N-methyl/N-ethyl adjacent to an activating group) is 1. The van der Waals surface area contributed by atoms with Gasteiger partial charge in [-0.2, -0.15) is 0 Å². The Morgan fingerprint density at radius 1 is 1.39 bits per heavy atom. The van der Waals surface area contributed by atoms with Crippen LogP contribution in [0.3, 0.4) is 0 Å². The minimum Gasteiger partial charge on any atom is -0.508 e. The first-order chi connectivity index (χ1) is 11.0. The molecule has 1 heterocycles. The SMILES string of the molecule is Cc1nc(CCNC(=O)N(C)[C@H](C)Cc2ccc(O)cc2)cs1. The van der Waals surface area contributed by atoms with E-state index in [1.54, 1.807) is 35.4 Å². The van der Waals surface area contributed by atoms with E-state index in [4.69, 9.17) is 0 Å². The number of carbonyl (C=O) groups is 1. The second-order valence-corrected chi connectivity index (χ2v) is 6.73. The lowest BCUT2D eigenvalue weighted by atomic mass is 10.1. The van der Waals surface area contributed by atoms with Crippen LogP contribution in [0.25, 0.3) is 0 Å². The Kier molecular flexibility index (Phi) is 5.98. The largest absolute Gasteiger partial charge is 0.508 e. The van der Waals surface area contributed by atoms with Crippen LogP contribution in [0, 0.1) is 6.92 Å². The summed E-state index contributed by atoms with van der Waals surface area (Å²) in [5.41, 5.74) is 2.11. The Labute approximate surface area is 141 Å². The summed E-state index contributed by atoms with van der Waals surface area (Å²) in [4.78, 5) is 18.3. The standard InChI is InChI=1S/C17H23N3O2S/c1-12(10-14-4-6-16(21)7-5-14)20(3)17(22)18-9-8-15-11-23-13(2)19-15/h4-7,11-12,21H,8-10H2,1-3H3,(H,18,22)/t12-/m1/s1. The van der Waals surface area contributed by atoms with Crippen LogP contribution in [0.5, 0.6) is 5.75 Å². The molecule has 23 heavy (non-hydrogen) atoms. The topological polar surface area (TPSA) is 65.5 Å². The van der Waals surface area contributed by atoms with Gasteiger partial charge in [0.05, 0.1) is 10.7 Å². The fraction of sp³-hybridized carbons (Fsp3) is 0.412. The lowest BCUT2D eigenvalue weighted by Crippen LogP contribution is -2.43. The summed E-state index contributed by atoms with van der Waals surface area (Å²) in [6.45, 7) is 4.57. The van der Waals surface area contributed by atoms with E-state index in [9.17, 15) is 9.90 Å². The molecule has 2 N–H and O–H groups in total. The molecule has 0 aliphatic rings.